The molecule has 0 aromatic heterocycles. The lowest BCUT2D eigenvalue weighted by Gasteiger charge is -1.97. The summed E-state index contributed by atoms with van der Waals surface area (Å²) < 4.78 is 0. The average molecular weight is 170 g/mol. The number of unbranched alkanes of at least 4 members (excludes halogenated alkanes) is 3. The molecule has 0 amide bonds. The molecule has 0 unspecified atom stereocenters. The summed E-state index contributed by atoms with van der Waals surface area (Å²) >= 11 is 0. The molecule has 0 heterocycles. The average Bonchev–Trinajstić information content (AvgIpc) is 2.02. The van der Waals surface area contributed by atoms with Crippen molar-refractivity contribution in [1.29, 1.82) is 0 Å². The van der Waals surface area contributed by atoms with Crippen LogP contribution >= 0.6 is 0 Å². The molecule has 0 spiro atoms. The van der Waals surface area contributed by atoms with Gasteiger partial charge in [0.25, 0.3) is 0 Å². The Labute approximate surface area is 76.3 Å². The minimum absolute atomic E-state index is 0.592. The Morgan fingerprint density at radius 2 is 1.83 bits per heavy atom. The molecular weight excluding hydrogens is 148 g/mol. The van der Waals surface area contributed by atoms with Gasteiger partial charge in [-0.15, -0.1) is 0 Å². The standard InChI is InChI=1S/C10H22N2/c1-10(2)9-12-8-6-4-3-5-7-11/h9-10H,3-8,11H2,1-2H3. The molecule has 12 heavy (non-hydrogen) atoms. The van der Waals surface area contributed by atoms with Gasteiger partial charge in [0.1, 0.15) is 0 Å². The molecule has 0 atom stereocenters. The first kappa shape index (κ1) is 11.6. The number of hydrogen-bond donors (Lipinski definition) is 1. The lowest BCUT2D eigenvalue weighted by Crippen LogP contribution is -1.97. The predicted octanol–water partition coefficient (Wildman–Crippen LogP) is 2.23. The molecule has 72 valence electrons. The van der Waals surface area contributed by atoms with Gasteiger partial charge in [-0.2, -0.15) is 0 Å². The Hall–Kier alpha value is -0.370. The summed E-state index contributed by atoms with van der Waals surface area (Å²) in [4.78, 5) is 4.31. The maximum Gasteiger partial charge on any atom is 0.0385 e. The Kier molecular flexibility index (Phi) is 8.46. The molecule has 2 heteroatoms. The van der Waals surface area contributed by atoms with Crippen LogP contribution in [0, 0.1) is 5.92 Å². The van der Waals surface area contributed by atoms with Gasteiger partial charge >= 0.3 is 0 Å². The van der Waals surface area contributed by atoms with Gasteiger partial charge in [-0.3, -0.25) is 4.99 Å². The second-order valence-corrected chi connectivity index (χ2v) is 3.50. The van der Waals surface area contributed by atoms with Gasteiger partial charge in [0.15, 0.2) is 0 Å². The monoisotopic (exact) mass is 170 g/mol. The number of nitrogens with zero attached hydrogens (tertiary/aromatic N) is 1. The summed E-state index contributed by atoms with van der Waals surface area (Å²) in [6.07, 6.45) is 6.93. The molecular formula is C10H22N2. The van der Waals surface area contributed by atoms with Crippen LogP contribution < -0.4 is 5.73 Å². The van der Waals surface area contributed by atoms with Crippen molar-refractivity contribution in [3.63, 3.8) is 0 Å². The van der Waals surface area contributed by atoms with Gasteiger partial charge in [-0.25, -0.2) is 0 Å². The highest BCUT2D eigenvalue weighted by molar-refractivity contribution is 5.59. The molecule has 0 aliphatic heterocycles. The second-order valence-electron chi connectivity index (χ2n) is 3.50. The fraction of sp³-hybridized carbons (Fsp3) is 0.900. The van der Waals surface area contributed by atoms with Gasteiger partial charge in [-0.05, 0) is 25.3 Å². The minimum Gasteiger partial charge on any atom is -0.330 e. The van der Waals surface area contributed by atoms with Gasteiger partial charge in [0, 0.05) is 12.8 Å². The summed E-state index contributed by atoms with van der Waals surface area (Å²) in [7, 11) is 0. The lowest BCUT2D eigenvalue weighted by atomic mass is 10.2. The van der Waals surface area contributed by atoms with E-state index in [2.05, 4.69) is 18.8 Å². The SMILES string of the molecule is CC(C)C=NCCCCCCN. The molecule has 0 aromatic rings. The lowest BCUT2D eigenvalue weighted by molar-refractivity contribution is 0.653. The van der Waals surface area contributed by atoms with E-state index in [4.69, 9.17) is 5.73 Å². The first-order valence-corrected chi connectivity index (χ1v) is 4.97. The summed E-state index contributed by atoms with van der Waals surface area (Å²) in [5.74, 6) is 0.592. The molecule has 0 fully saturated rings. The maximum atomic E-state index is 5.38. The Morgan fingerprint density at radius 1 is 1.17 bits per heavy atom. The van der Waals surface area contributed by atoms with Crippen LogP contribution in [0.25, 0.3) is 0 Å². The number of aliphatic imine (C=N–C) groups is 1. The van der Waals surface area contributed by atoms with E-state index in [1.165, 1.54) is 19.3 Å². The van der Waals surface area contributed by atoms with Crippen molar-refractivity contribution < 1.29 is 0 Å². The topological polar surface area (TPSA) is 38.4 Å². The molecule has 0 aromatic carbocycles. The summed E-state index contributed by atoms with van der Waals surface area (Å²) in [6, 6.07) is 0. The fourth-order valence-electron chi connectivity index (χ4n) is 0.986. The van der Waals surface area contributed by atoms with E-state index >= 15 is 0 Å². The highest BCUT2D eigenvalue weighted by Gasteiger charge is 1.87. The van der Waals surface area contributed by atoms with E-state index < -0.39 is 0 Å². The van der Waals surface area contributed by atoms with E-state index in [1.807, 2.05) is 6.21 Å². The second kappa shape index (κ2) is 8.72. The predicted molar refractivity (Wildman–Crippen MR) is 55.7 cm³/mol. The first-order valence-electron chi connectivity index (χ1n) is 4.97. The van der Waals surface area contributed by atoms with Crippen LogP contribution in [-0.4, -0.2) is 19.3 Å². The van der Waals surface area contributed by atoms with Crippen molar-refractivity contribution in [1.82, 2.24) is 0 Å². The summed E-state index contributed by atoms with van der Waals surface area (Å²) in [5.41, 5.74) is 5.38. The molecule has 0 radical (unpaired) electrons. The highest BCUT2D eigenvalue weighted by Crippen LogP contribution is 1.98. The van der Waals surface area contributed by atoms with E-state index in [9.17, 15) is 0 Å². The van der Waals surface area contributed by atoms with Crippen LogP contribution in [0.5, 0.6) is 0 Å². The van der Waals surface area contributed by atoms with Gasteiger partial charge in [-0.1, -0.05) is 26.7 Å². The van der Waals surface area contributed by atoms with Crippen molar-refractivity contribution in [3.8, 4) is 0 Å². The molecule has 0 saturated carbocycles. The zero-order valence-corrected chi connectivity index (χ0v) is 8.42. The molecule has 0 aliphatic rings. The van der Waals surface area contributed by atoms with Gasteiger partial charge < -0.3 is 5.73 Å². The summed E-state index contributed by atoms with van der Waals surface area (Å²) in [5, 5.41) is 0. The quantitative estimate of drug-likeness (QED) is 0.462. The van der Waals surface area contributed by atoms with Crippen molar-refractivity contribution in [2.24, 2.45) is 16.6 Å². The molecule has 0 aliphatic carbocycles. The Balaban J connectivity index is 3.00. The van der Waals surface area contributed by atoms with Crippen molar-refractivity contribution >= 4 is 6.21 Å². The highest BCUT2D eigenvalue weighted by atomic mass is 14.7. The molecule has 2 N–H and O–H groups in total. The first-order chi connectivity index (χ1) is 5.77. The third-order valence-corrected chi connectivity index (χ3v) is 1.64. The maximum absolute atomic E-state index is 5.38. The molecule has 0 rings (SSSR count). The van der Waals surface area contributed by atoms with Crippen LogP contribution in [0.3, 0.4) is 0 Å². The van der Waals surface area contributed by atoms with Crippen LogP contribution in [0.4, 0.5) is 0 Å². The molecule has 2 nitrogen and oxygen atoms in total. The van der Waals surface area contributed by atoms with Crippen LogP contribution in [0.1, 0.15) is 39.5 Å². The van der Waals surface area contributed by atoms with E-state index in [-0.39, 0.29) is 0 Å². The Bertz CT molecular complexity index is 108. The van der Waals surface area contributed by atoms with Crippen LogP contribution in [-0.2, 0) is 0 Å². The normalized spacial score (nSPS) is 11.7. The van der Waals surface area contributed by atoms with Crippen molar-refractivity contribution in [3.05, 3.63) is 0 Å². The minimum atomic E-state index is 0.592. The molecule has 0 bridgehead atoms. The number of hydrogen-bond acceptors (Lipinski definition) is 2. The third-order valence-electron chi connectivity index (χ3n) is 1.64. The largest absolute Gasteiger partial charge is 0.330 e. The zero-order chi connectivity index (χ0) is 9.23. The van der Waals surface area contributed by atoms with Crippen LogP contribution in [0.2, 0.25) is 0 Å². The number of rotatable bonds is 7. The molecule has 0 saturated heterocycles. The summed E-state index contributed by atoms with van der Waals surface area (Å²) in [6.45, 7) is 6.12. The van der Waals surface area contributed by atoms with E-state index in [0.717, 1.165) is 19.5 Å². The van der Waals surface area contributed by atoms with Crippen molar-refractivity contribution in [2.45, 2.75) is 39.5 Å². The van der Waals surface area contributed by atoms with E-state index in [0.29, 0.717) is 5.92 Å². The van der Waals surface area contributed by atoms with Crippen molar-refractivity contribution in [2.75, 3.05) is 13.1 Å². The third kappa shape index (κ3) is 9.63. The van der Waals surface area contributed by atoms with Gasteiger partial charge in [0.2, 0.25) is 0 Å². The zero-order valence-electron chi connectivity index (χ0n) is 8.42. The van der Waals surface area contributed by atoms with Gasteiger partial charge in [0.05, 0.1) is 0 Å². The van der Waals surface area contributed by atoms with E-state index in [1.54, 1.807) is 0 Å². The fourth-order valence-corrected chi connectivity index (χ4v) is 0.986. The number of nitrogens with two attached hydrogens (primary N) is 1. The Morgan fingerprint density at radius 3 is 2.42 bits per heavy atom. The smallest absolute Gasteiger partial charge is 0.0385 e. The van der Waals surface area contributed by atoms with Crippen LogP contribution in [0.15, 0.2) is 4.99 Å².